The first-order valence-electron chi connectivity index (χ1n) is 5.97. The van der Waals surface area contributed by atoms with Crippen molar-refractivity contribution in [1.82, 2.24) is 9.97 Å². The van der Waals surface area contributed by atoms with E-state index in [1.54, 1.807) is 19.1 Å². The number of carbonyl (C=O) groups is 1. The van der Waals surface area contributed by atoms with Gasteiger partial charge in [-0.1, -0.05) is 23.7 Å². The number of hydrogen-bond acceptors (Lipinski definition) is 6. The maximum Gasteiger partial charge on any atom is 0.272 e. The Labute approximate surface area is 125 Å². The zero-order valence-electron chi connectivity index (χ0n) is 11.0. The van der Waals surface area contributed by atoms with Gasteiger partial charge in [-0.2, -0.15) is 0 Å². The predicted molar refractivity (Wildman–Crippen MR) is 77.6 cm³/mol. The summed E-state index contributed by atoms with van der Waals surface area (Å²) >= 11 is 5.80. The van der Waals surface area contributed by atoms with E-state index >= 15 is 0 Å². The van der Waals surface area contributed by atoms with E-state index in [1.165, 1.54) is 12.4 Å². The number of aldehydes is 1. The van der Waals surface area contributed by atoms with Crippen LogP contribution in [0.1, 0.15) is 21.5 Å². The summed E-state index contributed by atoms with van der Waals surface area (Å²) in [4.78, 5) is 29.1. The first-order valence-corrected chi connectivity index (χ1v) is 6.34. The van der Waals surface area contributed by atoms with Crippen LogP contribution in [-0.4, -0.2) is 21.2 Å². The highest BCUT2D eigenvalue weighted by atomic mass is 35.5. The number of carbonyl (C=O) groups excluding carboxylic acids is 1. The van der Waals surface area contributed by atoms with Crippen LogP contribution < -0.4 is 5.32 Å². The minimum Gasteiger partial charge on any atom is -0.365 e. The van der Waals surface area contributed by atoms with Gasteiger partial charge < -0.3 is 5.32 Å². The lowest BCUT2D eigenvalue weighted by atomic mass is 10.1. The molecule has 0 aliphatic rings. The molecule has 7 nitrogen and oxygen atoms in total. The number of hydrogen-bond donors (Lipinski definition) is 1. The van der Waals surface area contributed by atoms with E-state index < -0.39 is 4.92 Å². The molecular formula is C13H11ClN4O3. The fraction of sp³-hybridized carbons (Fsp3) is 0.154. The number of nitrogens with one attached hydrogen (secondary N) is 1. The number of nitro groups is 1. The van der Waals surface area contributed by atoms with Gasteiger partial charge in [-0.3, -0.25) is 14.9 Å². The van der Waals surface area contributed by atoms with Crippen molar-refractivity contribution in [2.75, 3.05) is 5.32 Å². The topological polar surface area (TPSA) is 98.0 Å². The molecule has 0 spiro atoms. The summed E-state index contributed by atoms with van der Waals surface area (Å²) in [6.45, 7) is 1.95. The van der Waals surface area contributed by atoms with Gasteiger partial charge in [0.2, 0.25) is 0 Å². The fourth-order valence-electron chi connectivity index (χ4n) is 1.86. The maximum atomic E-state index is 11.0. The van der Waals surface area contributed by atoms with E-state index in [1.807, 2.05) is 0 Å². The molecule has 0 saturated heterocycles. The Bertz CT molecular complexity index is 706. The van der Waals surface area contributed by atoms with Crippen molar-refractivity contribution < 1.29 is 9.72 Å². The summed E-state index contributed by atoms with van der Waals surface area (Å²) in [6, 6.07) is 4.81. The van der Waals surface area contributed by atoms with Gasteiger partial charge >= 0.3 is 0 Å². The molecule has 2 aromatic rings. The molecule has 108 valence electrons. The SMILES string of the molecule is Cc1c(CNc2ncnc(Cl)c2C=O)cccc1[N+](=O)[O-]. The minimum absolute atomic E-state index is 0.0469. The van der Waals surface area contributed by atoms with E-state index in [0.29, 0.717) is 11.8 Å². The zero-order valence-corrected chi connectivity index (χ0v) is 11.8. The van der Waals surface area contributed by atoms with Crippen LogP contribution in [0.5, 0.6) is 0 Å². The number of benzene rings is 1. The summed E-state index contributed by atoms with van der Waals surface area (Å²) in [5.74, 6) is 0.288. The van der Waals surface area contributed by atoms with Crippen molar-refractivity contribution in [2.24, 2.45) is 0 Å². The molecule has 1 aromatic carbocycles. The number of anilines is 1. The molecule has 0 radical (unpaired) electrons. The Balaban J connectivity index is 2.25. The normalized spacial score (nSPS) is 10.2. The van der Waals surface area contributed by atoms with Crippen LogP contribution in [0.4, 0.5) is 11.5 Å². The number of halogens is 1. The molecule has 1 aromatic heterocycles. The third-order valence-electron chi connectivity index (χ3n) is 3.01. The molecule has 2 rings (SSSR count). The van der Waals surface area contributed by atoms with Crippen molar-refractivity contribution in [2.45, 2.75) is 13.5 Å². The Morgan fingerprint density at radius 1 is 1.43 bits per heavy atom. The van der Waals surface area contributed by atoms with Gasteiger partial charge in [0.25, 0.3) is 5.69 Å². The van der Waals surface area contributed by atoms with E-state index in [4.69, 9.17) is 11.6 Å². The van der Waals surface area contributed by atoms with Gasteiger partial charge in [0.1, 0.15) is 17.3 Å². The molecule has 0 amide bonds. The van der Waals surface area contributed by atoms with Crippen molar-refractivity contribution >= 4 is 29.4 Å². The monoisotopic (exact) mass is 306 g/mol. The van der Waals surface area contributed by atoms with E-state index in [2.05, 4.69) is 15.3 Å². The summed E-state index contributed by atoms with van der Waals surface area (Å²) in [5.41, 5.74) is 1.49. The third kappa shape index (κ3) is 3.14. The maximum absolute atomic E-state index is 11.0. The standard InChI is InChI=1S/C13H11ClN4O3/c1-8-9(3-2-4-11(8)18(20)21)5-15-13-10(6-19)12(14)16-7-17-13/h2-4,6-7H,5H2,1H3,(H,15,16,17). The van der Waals surface area contributed by atoms with Crippen molar-refractivity contribution in [3.63, 3.8) is 0 Å². The molecule has 0 aliphatic heterocycles. The van der Waals surface area contributed by atoms with E-state index in [9.17, 15) is 14.9 Å². The molecule has 0 bridgehead atoms. The van der Waals surface area contributed by atoms with Crippen LogP contribution in [0.15, 0.2) is 24.5 Å². The van der Waals surface area contributed by atoms with Gasteiger partial charge in [0.05, 0.1) is 10.5 Å². The van der Waals surface area contributed by atoms with Crippen LogP contribution in [0, 0.1) is 17.0 Å². The molecule has 8 heteroatoms. The lowest BCUT2D eigenvalue weighted by Crippen LogP contribution is -2.07. The molecule has 21 heavy (non-hydrogen) atoms. The van der Waals surface area contributed by atoms with Crippen LogP contribution >= 0.6 is 11.6 Å². The summed E-state index contributed by atoms with van der Waals surface area (Å²) in [7, 11) is 0. The largest absolute Gasteiger partial charge is 0.365 e. The van der Waals surface area contributed by atoms with E-state index in [0.717, 1.165) is 5.56 Å². The van der Waals surface area contributed by atoms with Crippen LogP contribution in [-0.2, 0) is 6.54 Å². The average molecular weight is 307 g/mol. The quantitative estimate of drug-likeness (QED) is 0.395. The van der Waals surface area contributed by atoms with Crippen molar-refractivity contribution in [3.8, 4) is 0 Å². The van der Waals surface area contributed by atoms with Gasteiger partial charge in [0, 0.05) is 18.2 Å². The summed E-state index contributed by atoms with van der Waals surface area (Å²) < 4.78 is 0. The Hall–Kier alpha value is -2.54. The van der Waals surface area contributed by atoms with Gasteiger partial charge in [-0.15, -0.1) is 0 Å². The zero-order chi connectivity index (χ0) is 15.4. The molecule has 0 unspecified atom stereocenters. The number of aromatic nitrogens is 2. The second-order valence-corrected chi connectivity index (χ2v) is 4.57. The lowest BCUT2D eigenvalue weighted by molar-refractivity contribution is -0.385. The molecule has 0 saturated carbocycles. The second-order valence-electron chi connectivity index (χ2n) is 4.22. The van der Waals surface area contributed by atoms with Gasteiger partial charge in [0.15, 0.2) is 6.29 Å². The summed E-state index contributed by atoms with van der Waals surface area (Å²) in [6.07, 6.45) is 1.79. The van der Waals surface area contributed by atoms with Gasteiger partial charge in [-0.25, -0.2) is 9.97 Å². The lowest BCUT2D eigenvalue weighted by Gasteiger charge is -2.10. The van der Waals surface area contributed by atoms with Crippen LogP contribution in [0.3, 0.4) is 0 Å². The Morgan fingerprint density at radius 2 is 2.19 bits per heavy atom. The highest BCUT2D eigenvalue weighted by molar-refractivity contribution is 6.32. The Kier molecular flexibility index (Phi) is 4.44. The first-order chi connectivity index (χ1) is 10.0. The molecule has 1 N–H and O–H groups in total. The molecular weight excluding hydrogens is 296 g/mol. The highest BCUT2D eigenvalue weighted by Gasteiger charge is 2.14. The average Bonchev–Trinajstić information content (AvgIpc) is 2.46. The number of nitro benzene ring substituents is 1. The number of nitrogens with zero attached hydrogens (tertiary/aromatic N) is 3. The third-order valence-corrected chi connectivity index (χ3v) is 3.31. The van der Waals surface area contributed by atoms with Crippen molar-refractivity contribution in [3.05, 3.63) is 56.5 Å². The predicted octanol–water partition coefficient (Wildman–Crippen LogP) is 2.77. The van der Waals surface area contributed by atoms with Crippen LogP contribution in [0.2, 0.25) is 5.15 Å². The molecule has 0 aliphatic carbocycles. The first kappa shape index (κ1) is 14.9. The molecule has 1 heterocycles. The smallest absolute Gasteiger partial charge is 0.272 e. The van der Waals surface area contributed by atoms with Crippen LogP contribution in [0.25, 0.3) is 0 Å². The highest BCUT2D eigenvalue weighted by Crippen LogP contribution is 2.23. The molecule has 0 atom stereocenters. The molecule has 0 fully saturated rings. The van der Waals surface area contributed by atoms with Gasteiger partial charge in [-0.05, 0) is 12.5 Å². The minimum atomic E-state index is -0.433. The Morgan fingerprint density at radius 3 is 2.86 bits per heavy atom. The summed E-state index contributed by atoms with van der Waals surface area (Å²) in [5, 5.41) is 13.9. The fourth-order valence-corrected chi connectivity index (χ4v) is 2.04. The van der Waals surface area contributed by atoms with Crippen molar-refractivity contribution in [1.29, 1.82) is 0 Å². The van der Waals surface area contributed by atoms with E-state index in [-0.39, 0.29) is 28.8 Å². The second kappa shape index (κ2) is 6.27. The number of rotatable bonds is 5.